The summed E-state index contributed by atoms with van der Waals surface area (Å²) in [7, 11) is 1.69. The van der Waals surface area contributed by atoms with E-state index in [2.05, 4.69) is 44.5 Å². The van der Waals surface area contributed by atoms with Crippen molar-refractivity contribution in [2.75, 3.05) is 39.0 Å². The van der Waals surface area contributed by atoms with Crippen molar-refractivity contribution < 1.29 is 9.63 Å². The molecule has 1 aromatic heterocycles. The fourth-order valence-corrected chi connectivity index (χ4v) is 6.71. The number of nitrogens with one attached hydrogen (secondary N) is 1. The molecule has 0 bridgehead atoms. The molecule has 1 aromatic carbocycles. The fourth-order valence-electron chi connectivity index (χ4n) is 5.98. The minimum atomic E-state index is 0.156. The molecule has 172 valence electrons. The van der Waals surface area contributed by atoms with Crippen molar-refractivity contribution in [2.45, 2.75) is 50.1 Å². The molecule has 3 heterocycles. The standard InChI is InChI=1S/C24H33N5O2S/c1-31-27-21-14-24(20-5-3-2-4-19(20)21)8-12-29(13-9-24)22(30)17-6-10-28(11-7-17)16-18-15-26-23(25)32-18/h2-5,15,17,21,27H,6-14,16H2,1H3,(H2,25,26). The van der Waals surface area contributed by atoms with Crippen LogP contribution in [0.1, 0.15) is 54.1 Å². The van der Waals surface area contributed by atoms with E-state index in [0.29, 0.717) is 11.0 Å². The lowest BCUT2D eigenvalue weighted by Gasteiger charge is -2.42. The van der Waals surface area contributed by atoms with Gasteiger partial charge in [-0.3, -0.25) is 9.69 Å². The Morgan fingerprint density at radius 1 is 1.25 bits per heavy atom. The highest BCUT2D eigenvalue weighted by Crippen LogP contribution is 2.50. The monoisotopic (exact) mass is 455 g/mol. The number of anilines is 1. The van der Waals surface area contributed by atoms with Crippen molar-refractivity contribution in [3.05, 3.63) is 46.5 Å². The van der Waals surface area contributed by atoms with Crippen LogP contribution < -0.4 is 11.2 Å². The summed E-state index contributed by atoms with van der Waals surface area (Å²) < 4.78 is 0. The van der Waals surface area contributed by atoms with Crippen molar-refractivity contribution in [3.63, 3.8) is 0 Å². The molecule has 5 rings (SSSR count). The number of nitrogens with two attached hydrogens (primary N) is 1. The van der Waals surface area contributed by atoms with E-state index in [-0.39, 0.29) is 17.4 Å². The maximum Gasteiger partial charge on any atom is 0.225 e. The number of amides is 1. The number of nitrogens with zero attached hydrogens (tertiary/aromatic N) is 3. The second-order valence-corrected chi connectivity index (χ2v) is 10.6. The molecule has 3 N–H and O–H groups in total. The van der Waals surface area contributed by atoms with Gasteiger partial charge < -0.3 is 15.5 Å². The summed E-state index contributed by atoms with van der Waals surface area (Å²) in [6.45, 7) is 4.52. The average Bonchev–Trinajstić information content (AvgIpc) is 3.36. The van der Waals surface area contributed by atoms with E-state index in [1.54, 1.807) is 18.4 Å². The Hall–Kier alpha value is -2.00. The van der Waals surface area contributed by atoms with E-state index in [1.807, 2.05) is 6.20 Å². The molecule has 1 amide bonds. The third-order valence-electron chi connectivity index (χ3n) is 7.68. The summed E-state index contributed by atoms with van der Waals surface area (Å²) in [5, 5.41) is 0.627. The zero-order valence-corrected chi connectivity index (χ0v) is 19.6. The number of hydrogen-bond donors (Lipinski definition) is 2. The third-order valence-corrected chi connectivity index (χ3v) is 8.49. The summed E-state index contributed by atoms with van der Waals surface area (Å²) in [6, 6.07) is 8.97. The van der Waals surface area contributed by atoms with Gasteiger partial charge in [0, 0.05) is 42.0 Å². The summed E-state index contributed by atoms with van der Waals surface area (Å²) in [4.78, 5) is 28.5. The zero-order valence-electron chi connectivity index (χ0n) is 18.8. The van der Waals surface area contributed by atoms with Gasteiger partial charge in [0.25, 0.3) is 0 Å². The minimum Gasteiger partial charge on any atom is -0.375 e. The molecule has 8 heteroatoms. The van der Waals surface area contributed by atoms with Crippen LogP contribution in [-0.4, -0.2) is 54.0 Å². The summed E-state index contributed by atoms with van der Waals surface area (Å²) in [5.41, 5.74) is 11.9. The van der Waals surface area contributed by atoms with Gasteiger partial charge in [0.1, 0.15) is 0 Å². The van der Waals surface area contributed by atoms with Crippen LogP contribution in [0, 0.1) is 5.92 Å². The molecule has 2 saturated heterocycles. The second-order valence-electron chi connectivity index (χ2n) is 9.49. The average molecular weight is 456 g/mol. The molecule has 3 aliphatic rings. The Morgan fingerprint density at radius 2 is 2.00 bits per heavy atom. The first-order valence-corrected chi connectivity index (χ1v) is 12.5. The molecule has 2 aromatic rings. The van der Waals surface area contributed by atoms with Crippen LogP contribution in [0.15, 0.2) is 30.5 Å². The second kappa shape index (κ2) is 9.09. The van der Waals surface area contributed by atoms with Gasteiger partial charge in [-0.1, -0.05) is 24.3 Å². The number of hydroxylamine groups is 1. The quantitative estimate of drug-likeness (QED) is 0.674. The number of aromatic nitrogens is 1. The van der Waals surface area contributed by atoms with Crippen LogP contribution in [0.4, 0.5) is 5.13 Å². The van der Waals surface area contributed by atoms with Gasteiger partial charge >= 0.3 is 0 Å². The van der Waals surface area contributed by atoms with Gasteiger partial charge in [-0.25, -0.2) is 4.98 Å². The lowest BCUT2D eigenvalue weighted by Crippen LogP contribution is -2.48. The molecule has 1 unspecified atom stereocenters. The van der Waals surface area contributed by atoms with Gasteiger partial charge in [0.2, 0.25) is 5.91 Å². The van der Waals surface area contributed by atoms with Gasteiger partial charge in [0.15, 0.2) is 5.13 Å². The van der Waals surface area contributed by atoms with Crippen LogP contribution >= 0.6 is 11.3 Å². The third kappa shape index (κ3) is 4.17. The number of hydrogen-bond acceptors (Lipinski definition) is 7. The van der Waals surface area contributed by atoms with Gasteiger partial charge in [-0.2, -0.15) is 5.48 Å². The van der Waals surface area contributed by atoms with E-state index in [1.165, 1.54) is 16.0 Å². The van der Waals surface area contributed by atoms with Crippen LogP contribution in [0.3, 0.4) is 0 Å². The Labute approximate surface area is 193 Å². The van der Waals surface area contributed by atoms with Gasteiger partial charge in [0.05, 0.1) is 13.2 Å². The molecular weight excluding hydrogens is 422 g/mol. The number of thiazole rings is 1. The molecule has 7 nitrogen and oxygen atoms in total. The van der Waals surface area contributed by atoms with Crippen molar-refractivity contribution in [1.82, 2.24) is 20.3 Å². The first-order chi connectivity index (χ1) is 15.6. The predicted octanol–water partition coefficient (Wildman–Crippen LogP) is 3.09. The van der Waals surface area contributed by atoms with E-state index < -0.39 is 0 Å². The summed E-state index contributed by atoms with van der Waals surface area (Å²) in [5.74, 6) is 0.519. The van der Waals surface area contributed by atoms with Crippen molar-refractivity contribution in [1.29, 1.82) is 0 Å². The number of likely N-dealkylation sites (tertiary alicyclic amines) is 2. The minimum absolute atomic E-state index is 0.156. The predicted molar refractivity (Wildman–Crippen MR) is 126 cm³/mol. The number of carbonyl (C=O) groups is 1. The number of fused-ring (bicyclic) bond motifs is 2. The SMILES string of the molecule is CONC1CC2(CCN(C(=O)C3CCN(Cc4cnc(N)s4)CC3)CC2)c2ccccc21. The Kier molecular flexibility index (Phi) is 6.20. The molecule has 1 atom stereocenters. The van der Waals surface area contributed by atoms with Crippen LogP contribution in [0.2, 0.25) is 0 Å². The van der Waals surface area contributed by atoms with Gasteiger partial charge in [-0.05, 0) is 56.3 Å². The van der Waals surface area contributed by atoms with E-state index in [9.17, 15) is 4.79 Å². The van der Waals surface area contributed by atoms with Gasteiger partial charge in [-0.15, -0.1) is 11.3 Å². The molecule has 1 aliphatic carbocycles. The Bertz CT molecular complexity index is 947. The highest BCUT2D eigenvalue weighted by atomic mass is 32.1. The van der Waals surface area contributed by atoms with Crippen LogP contribution in [-0.2, 0) is 21.6 Å². The summed E-state index contributed by atoms with van der Waals surface area (Å²) in [6.07, 6.45) is 6.86. The highest BCUT2D eigenvalue weighted by molar-refractivity contribution is 7.15. The topological polar surface area (TPSA) is 83.7 Å². The first-order valence-electron chi connectivity index (χ1n) is 11.7. The molecule has 2 aliphatic heterocycles. The largest absolute Gasteiger partial charge is 0.375 e. The van der Waals surface area contributed by atoms with E-state index in [4.69, 9.17) is 10.6 Å². The van der Waals surface area contributed by atoms with Crippen molar-refractivity contribution >= 4 is 22.4 Å². The molecule has 0 radical (unpaired) electrons. The molecular formula is C24H33N5O2S. The summed E-state index contributed by atoms with van der Waals surface area (Å²) >= 11 is 1.56. The number of benzene rings is 1. The van der Waals surface area contributed by atoms with Crippen LogP contribution in [0.25, 0.3) is 0 Å². The Balaban J connectivity index is 1.16. The molecule has 32 heavy (non-hydrogen) atoms. The number of piperidine rings is 2. The lowest BCUT2D eigenvalue weighted by molar-refractivity contribution is -0.138. The molecule has 1 spiro atoms. The first kappa shape index (κ1) is 21.8. The molecule has 2 fully saturated rings. The fraction of sp³-hybridized carbons (Fsp3) is 0.583. The molecule has 0 saturated carbocycles. The maximum atomic E-state index is 13.3. The number of rotatable bonds is 5. The number of nitrogen functional groups attached to an aromatic ring is 1. The zero-order chi connectivity index (χ0) is 22.1. The maximum absolute atomic E-state index is 13.3. The normalized spacial score (nSPS) is 23.5. The van der Waals surface area contributed by atoms with E-state index >= 15 is 0 Å². The van der Waals surface area contributed by atoms with Crippen LogP contribution in [0.5, 0.6) is 0 Å². The smallest absolute Gasteiger partial charge is 0.225 e. The lowest BCUT2D eigenvalue weighted by atomic mass is 9.73. The number of carbonyl (C=O) groups excluding carboxylic acids is 1. The van der Waals surface area contributed by atoms with E-state index in [0.717, 1.165) is 64.8 Å². The van der Waals surface area contributed by atoms with Crippen molar-refractivity contribution in [3.8, 4) is 0 Å². The highest BCUT2D eigenvalue weighted by Gasteiger charge is 2.46. The van der Waals surface area contributed by atoms with Crippen molar-refractivity contribution in [2.24, 2.45) is 5.92 Å². The Morgan fingerprint density at radius 3 is 2.69 bits per heavy atom.